The van der Waals surface area contributed by atoms with E-state index >= 15 is 0 Å². The molecule has 0 fully saturated rings. The average molecular weight is 537 g/mol. The number of nitriles is 1. The molecule has 0 bridgehead atoms. The number of hydrogen-bond acceptors (Lipinski definition) is 4. The van der Waals surface area contributed by atoms with Gasteiger partial charge in [0.2, 0.25) is 0 Å². The number of rotatable bonds is 6. The summed E-state index contributed by atoms with van der Waals surface area (Å²) in [6, 6.07) is 12.3. The number of ether oxygens (including phenoxy) is 2. The smallest absolute Gasteiger partial charge is 0.266 e. The van der Waals surface area contributed by atoms with Crippen LogP contribution >= 0.6 is 38.5 Å². The van der Waals surface area contributed by atoms with Crippen LogP contribution in [0.15, 0.2) is 46.4 Å². The SMILES string of the molecule is C#CCOc1c(Br)cc(/C=C(/C#N)C(=O)Nc2ccc(OC)cc2)cc1I. The minimum atomic E-state index is -0.499. The number of carbonyl (C=O) groups excluding carboxylic acids is 1. The van der Waals surface area contributed by atoms with Gasteiger partial charge in [0.25, 0.3) is 5.91 Å². The van der Waals surface area contributed by atoms with Crippen LogP contribution in [-0.2, 0) is 4.79 Å². The molecule has 0 aliphatic carbocycles. The van der Waals surface area contributed by atoms with Gasteiger partial charge < -0.3 is 14.8 Å². The standard InChI is InChI=1S/C20H14BrIN2O3/c1-3-8-27-19-17(21)10-13(11-18(19)22)9-14(12-23)20(25)24-15-4-6-16(26-2)7-5-15/h1,4-7,9-11H,8H2,2H3,(H,24,25)/b14-9-. The molecule has 27 heavy (non-hydrogen) atoms. The Labute approximate surface area is 179 Å². The first-order valence-electron chi connectivity index (χ1n) is 7.61. The van der Waals surface area contributed by atoms with Gasteiger partial charge >= 0.3 is 0 Å². The van der Waals surface area contributed by atoms with E-state index in [-0.39, 0.29) is 12.2 Å². The third-order valence-corrected chi connectivity index (χ3v) is 4.73. The van der Waals surface area contributed by atoms with E-state index in [4.69, 9.17) is 15.9 Å². The first-order valence-corrected chi connectivity index (χ1v) is 9.48. The van der Waals surface area contributed by atoms with E-state index in [1.807, 2.05) is 6.07 Å². The fourth-order valence-corrected chi connectivity index (χ4v) is 3.87. The van der Waals surface area contributed by atoms with Gasteiger partial charge in [-0.1, -0.05) is 5.92 Å². The maximum atomic E-state index is 12.4. The number of hydrogen-bond donors (Lipinski definition) is 1. The van der Waals surface area contributed by atoms with Crippen molar-refractivity contribution in [1.29, 1.82) is 5.26 Å². The molecule has 1 amide bonds. The predicted molar refractivity (Wildman–Crippen MR) is 116 cm³/mol. The van der Waals surface area contributed by atoms with Crippen molar-refractivity contribution in [2.45, 2.75) is 0 Å². The van der Waals surface area contributed by atoms with Gasteiger partial charge in [0.15, 0.2) is 0 Å². The van der Waals surface area contributed by atoms with Crippen molar-refractivity contribution in [3.05, 3.63) is 55.6 Å². The van der Waals surface area contributed by atoms with Crippen molar-refractivity contribution in [2.24, 2.45) is 0 Å². The van der Waals surface area contributed by atoms with Gasteiger partial charge in [-0.15, -0.1) is 6.42 Å². The Morgan fingerprint density at radius 2 is 2.07 bits per heavy atom. The maximum Gasteiger partial charge on any atom is 0.266 e. The summed E-state index contributed by atoms with van der Waals surface area (Å²) < 4.78 is 12.0. The lowest BCUT2D eigenvalue weighted by Gasteiger charge is -2.09. The Bertz CT molecular complexity index is 934. The molecule has 0 spiro atoms. The van der Waals surface area contributed by atoms with E-state index in [1.165, 1.54) is 6.08 Å². The Hall–Kier alpha value is -2.49. The number of halogens is 2. The van der Waals surface area contributed by atoms with Crippen molar-refractivity contribution in [3.63, 3.8) is 0 Å². The van der Waals surface area contributed by atoms with Gasteiger partial charge in [-0.25, -0.2) is 0 Å². The van der Waals surface area contributed by atoms with E-state index in [1.54, 1.807) is 43.5 Å². The number of amides is 1. The largest absolute Gasteiger partial charge is 0.497 e. The highest BCUT2D eigenvalue weighted by molar-refractivity contribution is 14.1. The van der Waals surface area contributed by atoms with Crippen molar-refractivity contribution >= 4 is 56.2 Å². The molecule has 2 rings (SSSR count). The van der Waals surface area contributed by atoms with Gasteiger partial charge in [-0.2, -0.15) is 5.26 Å². The molecule has 0 saturated carbocycles. The molecule has 136 valence electrons. The second kappa shape index (κ2) is 10.0. The lowest BCUT2D eigenvalue weighted by Crippen LogP contribution is -2.13. The normalized spacial score (nSPS) is 10.5. The van der Waals surface area contributed by atoms with E-state index in [9.17, 15) is 10.1 Å². The third-order valence-electron chi connectivity index (χ3n) is 3.34. The zero-order valence-corrected chi connectivity index (χ0v) is 18.0. The Morgan fingerprint density at radius 1 is 1.37 bits per heavy atom. The van der Waals surface area contributed by atoms with Gasteiger partial charge in [0, 0.05) is 5.69 Å². The van der Waals surface area contributed by atoms with Crippen LogP contribution in [0.3, 0.4) is 0 Å². The Morgan fingerprint density at radius 3 is 2.63 bits per heavy atom. The van der Waals surface area contributed by atoms with E-state index < -0.39 is 5.91 Å². The highest BCUT2D eigenvalue weighted by Gasteiger charge is 2.12. The van der Waals surface area contributed by atoms with Gasteiger partial charge in [0.05, 0.1) is 15.2 Å². The molecular weight excluding hydrogens is 523 g/mol. The summed E-state index contributed by atoms with van der Waals surface area (Å²) in [4.78, 5) is 12.4. The number of carbonyl (C=O) groups is 1. The maximum absolute atomic E-state index is 12.4. The second-order valence-corrected chi connectivity index (χ2v) is 7.18. The molecule has 0 aliphatic rings. The molecule has 2 aromatic rings. The number of nitrogens with one attached hydrogen (secondary N) is 1. The summed E-state index contributed by atoms with van der Waals surface area (Å²) in [5.41, 5.74) is 1.22. The molecule has 2 aromatic carbocycles. The minimum Gasteiger partial charge on any atom is -0.497 e. The number of anilines is 1. The van der Waals surface area contributed by atoms with Crippen LogP contribution in [0.1, 0.15) is 5.56 Å². The topological polar surface area (TPSA) is 71.3 Å². The summed E-state index contributed by atoms with van der Waals surface area (Å²) in [5.74, 6) is 3.21. The molecule has 0 radical (unpaired) electrons. The molecule has 0 heterocycles. The van der Waals surface area contributed by atoms with Crippen LogP contribution < -0.4 is 14.8 Å². The number of benzene rings is 2. The van der Waals surface area contributed by atoms with E-state index in [0.717, 1.165) is 3.57 Å². The summed E-state index contributed by atoms with van der Waals surface area (Å²) in [6.07, 6.45) is 6.72. The van der Waals surface area contributed by atoms with Crippen molar-refractivity contribution in [1.82, 2.24) is 0 Å². The summed E-state index contributed by atoms with van der Waals surface area (Å²) in [5, 5.41) is 12.1. The number of terminal acetylenes is 1. The molecule has 0 unspecified atom stereocenters. The molecule has 1 N–H and O–H groups in total. The van der Waals surface area contributed by atoms with Gasteiger partial charge in [-0.3, -0.25) is 4.79 Å². The quantitative estimate of drug-likeness (QED) is 0.253. The van der Waals surface area contributed by atoms with Crippen molar-refractivity contribution < 1.29 is 14.3 Å². The average Bonchev–Trinajstić information content (AvgIpc) is 2.66. The lowest BCUT2D eigenvalue weighted by molar-refractivity contribution is -0.112. The van der Waals surface area contributed by atoms with Crippen LogP contribution in [0.2, 0.25) is 0 Å². The number of nitrogens with zero attached hydrogens (tertiary/aromatic N) is 1. The van der Waals surface area contributed by atoms with Crippen LogP contribution in [0.4, 0.5) is 5.69 Å². The monoisotopic (exact) mass is 536 g/mol. The van der Waals surface area contributed by atoms with E-state index in [2.05, 4.69) is 49.8 Å². The Balaban J connectivity index is 2.23. The molecule has 0 atom stereocenters. The van der Waals surface area contributed by atoms with Crippen LogP contribution in [0.5, 0.6) is 11.5 Å². The zero-order valence-electron chi connectivity index (χ0n) is 14.3. The zero-order chi connectivity index (χ0) is 19.8. The van der Waals surface area contributed by atoms with Gasteiger partial charge in [0.1, 0.15) is 29.7 Å². The van der Waals surface area contributed by atoms with Crippen LogP contribution in [-0.4, -0.2) is 19.6 Å². The van der Waals surface area contributed by atoms with Crippen molar-refractivity contribution in [2.75, 3.05) is 19.0 Å². The highest BCUT2D eigenvalue weighted by Crippen LogP contribution is 2.32. The van der Waals surface area contributed by atoms with Gasteiger partial charge in [-0.05, 0) is 86.6 Å². The van der Waals surface area contributed by atoms with Crippen LogP contribution in [0, 0.1) is 27.2 Å². The van der Waals surface area contributed by atoms with E-state index in [0.29, 0.717) is 27.2 Å². The Kier molecular flexibility index (Phi) is 7.71. The van der Waals surface area contributed by atoms with Crippen molar-refractivity contribution in [3.8, 4) is 29.9 Å². The number of methoxy groups -OCH3 is 1. The summed E-state index contributed by atoms with van der Waals surface area (Å²) in [7, 11) is 1.56. The highest BCUT2D eigenvalue weighted by atomic mass is 127. The fourth-order valence-electron chi connectivity index (χ4n) is 2.10. The molecule has 5 nitrogen and oxygen atoms in total. The molecule has 0 aliphatic heterocycles. The summed E-state index contributed by atoms with van der Waals surface area (Å²) in [6.45, 7) is 0.150. The second-order valence-electron chi connectivity index (χ2n) is 5.16. The molecule has 7 heteroatoms. The third kappa shape index (κ3) is 5.75. The van der Waals surface area contributed by atoms with Crippen LogP contribution in [0.25, 0.3) is 6.08 Å². The molecule has 0 saturated heterocycles. The first kappa shape index (κ1) is 20.8. The molecular formula is C20H14BrIN2O3. The molecule has 0 aromatic heterocycles. The first-order chi connectivity index (χ1) is 13.0. The predicted octanol–water partition coefficient (Wildman–Crippen LogP) is 4.62. The fraction of sp³-hybridized carbons (Fsp3) is 0.100. The summed E-state index contributed by atoms with van der Waals surface area (Å²) >= 11 is 5.53. The lowest BCUT2D eigenvalue weighted by atomic mass is 10.1. The minimum absolute atomic E-state index is 0.0224.